The lowest BCUT2D eigenvalue weighted by molar-refractivity contribution is -0.151. The van der Waals surface area contributed by atoms with Crippen molar-refractivity contribution >= 4 is 48.5 Å². The number of aliphatic hydroxyl groups is 1. The molecule has 4 aromatic carbocycles. The molecule has 0 spiro atoms. The zero-order chi connectivity index (χ0) is 52.6. The Labute approximate surface area is 436 Å². The van der Waals surface area contributed by atoms with Crippen molar-refractivity contribution in [3.63, 3.8) is 0 Å². The van der Waals surface area contributed by atoms with E-state index in [1.165, 1.54) is 18.5 Å². The van der Waals surface area contributed by atoms with Gasteiger partial charge in [0, 0.05) is 18.2 Å². The second-order valence-electron chi connectivity index (χ2n) is 18.6. The standard InChI is InChI=1S/C55H60Cl2FN5O9Si/c1-11-25-67-31-40(29-64)70-51-47(56)33(3)49(34(4)48(51)57)63-43(35-17-19-37(58)20-18-35)28-42-50(63)53(61-32-60-42)71-46(54(65)68-12-2)27-36-26-39(72-73(9,10)55(5,6)7)21-22-44(36)69-30-38-23-24-59-52(62-38)41-15-13-14-16-45(41)66-8/h11,13-24,26,28,32,40,46,64H,1,12,25,27,29-31H2,2-10H3/t40-,46+/m0/s1. The Morgan fingerprint density at radius 1 is 0.945 bits per heavy atom. The number of carbonyl (C=O) groups excluding carboxylic acids is 1. The van der Waals surface area contributed by atoms with Crippen LogP contribution in [-0.2, 0) is 27.3 Å². The molecular weight excluding hydrogens is 993 g/mol. The quantitative estimate of drug-likeness (QED) is 0.0296. The number of aromatic nitrogens is 5. The molecule has 7 aromatic rings. The first kappa shape index (κ1) is 54.2. The number of halogens is 3. The van der Waals surface area contributed by atoms with Gasteiger partial charge in [0.05, 0.1) is 71.7 Å². The van der Waals surface area contributed by atoms with Crippen molar-refractivity contribution in [3.05, 3.63) is 142 Å². The van der Waals surface area contributed by atoms with Gasteiger partial charge in [0.15, 0.2) is 11.6 Å². The van der Waals surface area contributed by atoms with Crippen molar-refractivity contribution in [2.24, 2.45) is 0 Å². The summed E-state index contributed by atoms with van der Waals surface area (Å²) in [7, 11) is -0.759. The molecule has 384 valence electrons. The second-order valence-corrected chi connectivity index (χ2v) is 24.1. The van der Waals surface area contributed by atoms with E-state index in [-0.39, 0.29) is 66.2 Å². The number of esters is 1. The number of carbonyl (C=O) groups is 1. The van der Waals surface area contributed by atoms with Gasteiger partial charge in [0.1, 0.15) is 47.6 Å². The molecule has 0 aliphatic carbocycles. The van der Waals surface area contributed by atoms with Gasteiger partial charge in [-0.3, -0.25) is 0 Å². The monoisotopic (exact) mass is 1050 g/mol. The van der Waals surface area contributed by atoms with Gasteiger partial charge in [-0.25, -0.2) is 24.1 Å². The average Bonchev–Trinajstić information content (AvgIpc) is 3.76. The Kier molecular flexibility index (Phi) is 17.5. The number of hydrogen-bond donors (Lipinski definition) is 1. The summed E-state index contributed by atoms with van der Waals surface area (Å²) in [4.78, 5) is 32.9. The van der Waals surface area contributed by atoms with Crippen LogP contribution in [0.25, 0.3) is 39.4 Å². The van der Waals surface area contributed by atoms with E-state index in [1.807, 2.05) is 47.0 Å². The second kappa shape index (κ2) is 23.5. The van der Waals surface area contributed by atoms with Crippen LogP contribution in [0.1, 0.15) is 50.1 Å². The summed E-state index contributed by atoms with van der Waals surface area (Å²) in [6.45, 7) is 19.8. The molecule has 3 aromatic heterocycles. The number of nitrogens with zero attached hydrogens (tertiary/aromatic N) is 5. The first-order valence-corrected chi connectivity index (χ1v) is 27.4. The van der Waals surface area contributed by atoms with Crippen LogP contribution in [0.4, 0.5) is 4.39 Å². The number of hydrogen-bond acceptors (Lipinski definition) is 13. The van der Waals surface area contributed by atoms with Crippen LogP contribution in [0.2, 0.25) is 28.2 Å². The van der Waals surface area contributed by atoms with Crippen molar-refractivity contribution in [2.45, 2.75) is 84.9 Å². The van der Waals surface area contributed by atoms with Crippen molar-refractivity contribution < 1.29 is 47.1 Å². The van der Waals surface area contributed by atoms with Crippen LogP contribution in [-0.4, -0.2) is 89.6 Å². The van der Waals surface area contributed by atoms with Gasteiger partial charge in [0.25, 0.3) is 0 Å². The molecule has 2 atom stereocenters. The summed E-state index contributed by atoms with van der Waals surface area (Å²) in [5.41, 5.74) is 5.39. The number of fused-ring (bicyclic) bond motifs is 1. The fourth-order valence-corrected chi connectivity index (χ4v) is 9.32. The van der Waals surface area contributed by atoms with E-state index in [4.69, 9.17) is 61.0 Å². The maximum atomic E-state index is 14.5. The number of aliphatic hydroxyl groups excluding tert-OH is 1. The van der Waals surface area contributed by atoms with Crippen molar-refractivity contribution in [1.29, 1.82) is 0 Å². The smallest absolute Gasteiger partial charge is 0.347 e. The highest BCUT2D eigenvalue weighted by atomic mass is 35.5. The van der Waals surface area contributed by atoms with E-state index < -0.39 is 32.3 Å². The highest BCUT2D eigenvalue weighted by molar-refractivity contribution is 6.74. The van der Waals surface area contributed by atoms with Crippen molar-refractivity contribution in [3.8, 4) is 57.2 Å². The third-order valence-electron chi connectivity index (χ3n) is 12.6. The molecule has 18 heteroatoms. The molecule has 7 rings (SSSR count). The number of ether oxygens (including phenoxy) is 6. The Balaban J connectivity index is 1.34. The van der Waals surface area contributed by atoms with E-state index in [9.17, 15) is 14.3 Å². The first-order chi connectivity index (χ1) is 34.9. The highest BCUT2D eigenvalue weighted by Gasteiger charge is 2.39. The zero-order valence-electron chi connectivity index (χ0n) is 42.4. The van der Waals surface area contributed by atoms with Gasteiger partial charge in [-0.15, -0.1) is 6.58 Å². The molecule has 0 aliphatic rings. The van der Waals surface area contributed by atoms with Crippen molar-refractivity contribution in [2.75, 3.05) is 33.5 Å². The van der Waals surface area contributed by atoms with E-state index in [1.54, 1.807) is 64.4 Å². The molecular formula is C55H60Cl2FN5O9Si. The van der Waals surface area contributed by atoms with E-state index in [2.05, 4.69) is 55.4 Å². The first-order valence-electron chi connectivity index (χ1n) is 23.7. The minimum atomic E-state index is -2.35. The molecule has 0 saturated carbocycles. The van der Waals surface area contributed by atoms with Gasteiger partial charge >= 0.3 is 5.97 Å². The number of rotatable bonds is 22. The molecule has 0 unspecified atom stereocenters. The van der Waals surface area contributed by atoms with Crippen LogP contribution in [0.3, 0.4) is 0 Å². The SMILES string of the molecule is C=CCOC[C@H](CO)Oc1c(Cl)c(C)c(-n2c(-c3ccc(F)cc3)cc3ncnc(O[C@H](Cc4cc(O[Si](C)(C)C(C)(C)C)ccc4OCc4ccnc(-c5ccccc5OC)n4)C(=O)OCC)c32)c(C)c1Cl. The van der Waals surface area contributed by atoms with E-state index in [0.29, 0.717) is 73.4 Å². The summed E-state index contributed by atoms with van der Waals surface area (Å²) in [6, 6.07) is 22.6. The van der Waals surface area contributed by atoms with Crippen LogP contribution < -0.4 is 23.4 Å². The highest BCUT2D eigenvalue weighted by Crippen LogP contribution is 2.46. The van der Waals surface area contributed by atoms with Crippen LogP contribution in [0.5, 0.6) is 28.9 Å². The summed E-state index contributed by atoms with van der Waals surface area (Å²) in [6.07, 6.45) is 2.43. The lowest BCUT2D eigenvalue weighted by Gasteiger charge is -2.36. The molecule has 0 radical (unpaired) electrons. The third kappa shape index (κ3) is 12.3. The molecule has 14 nitrogen and oxygen atoms in total. The van der Waals surface area contributed by atoms with Gasteiger partial charge in [-0.1, -0.05) is 62.2 Å². The Morgan fingerprint density at radius 3 is 2.34 bits per heavy atom. The Morgan fingerprint density at radius 2 is 1.67 bits per heavy atom. The fraction of sp³-hybridized carbons (Fsp3) is 0.327. The third-order valence-corrected chi connectivity index (χ3v) is 17.8. The average molecular weight is 1050 g/mol. The number of para-hydroxylation sites is 1. The van der Waals surface area contributed by atoms with Crippen LogP contribution >= 0.6 is 23.2 Å². The van der Waals surface area contributed by atoms with Gasteiger partial charge in [0.2, 0.25) is 20.3 Å². The normalized spacial score (nSPS) is 12.6. The topological polar surface area (TPSA) is 158 Å². The summed E-state index contributed by atoms with van der Waals surface area (Å²) < 4.78 is 59.5. The maximum absolute atomic E-state index is 14.5. The molecule has 1 N–H and O–H groups in total. The number of benzene rings is 4. The van der Waals surface area contributed by atoms with Gasteiger partial charge in [-0.2, -0.15) is 4.98 Å². The summed E-state index contributed by atoms with van der Waals surface area (Å²) >= 11 is 14.3. The number of methoxy groups -OCH3 is 1. The molecule has 0 aliphatic heterocycles. The Bertz CT molecular complexity index is 3060. The van der Waals surface area contributed by atoms with Gasteiger partial charge < -0.3 is 42.5 Å². The predicted octanol–water partition coefficient (Wildman–Crippen LogP) is 12.1. The summed E-state index contributed by atoms with van der Waals surface area (Å²) in [5.74, 6) is 1.21. The van der Waals surface area contributed by atoms with E-state index >= 15 is 0 Å². The fourth-order valence-electron chi connectivity index (χ4n) is 7.79. The van der Waals surface area contributed by atoms with Crippen LogP contribution in [0, 0.1) is 19.7 Å². The minimum absolute atomic E-state index is 0.0171. The van der Waals surface area contributed by atoms with Gasteiger partial charge in [-0.05, 0) is 122 Å². The zero-order valence-corrected chi connectivity index (χ0v) is 44.9. The predicted molar refractivity (Wildman–Crippen MR) is 284 cm³/mol. The minimum Gasteiger partial charge on any atom is -0.543 e. The lowest BCUT2D eigenvalue weighted by Crippen LogP contribution is -2.43. The molecule has 0 amide bonds. The Hall–Kier alpha value is -6.56. The molecule has 0 saturated heterocycles. The molecule has 73 heavy (non-hydrogen) atoms. The molecule has 0 fully saturated rings. The largest absolute Gasteiger partial charge is 0.543 e. The van der Waals surface area contributed by atoms with Crippen LogP contribution in [0.15, 0.2) is 104 Å². The maximum Gasteiger partial charge on any atom is 0.347 e. The lowest BCUT2D eigenvalue weighted by atomic mass is 10.1. The van der Waals surface area contributed by atoms with E-state index in [0.717, 1.165) is 5.56 Å². The van der Waals surface area contributed by atoms with Crippen molar-refractivity contribution in [1.82, 2.24) is 24.5 Å². The molecule has 0 bridgehead atoms. The summed E-state index contributed by atoms with van der Waals surface area (Å²) in [5, 5.41) is 10.4. The molecule has 3 heterocycles.